The predicted molar refractivity (Wildman–Crippen MR) is 90.1 cm³/mol. The molecule has 0 amide bonds. The Labute approximate surface area is 139 Å². The van der Waals surface area contributed by atoms with Gasteiger partial charge in [0, 0.05) is 18.2 Å². The first-order valence-electron chi connectivity index (χ1n) is 8.38. The van der Waals surface area contributed by atoms with Gasteiger partial charge in [-0.2, -0.15) is 5.26 Å². The highest BCUT2D eigenvalue weighted by Crippen LogP contribution is 2.37. The zero-order valence-corrected chi connectivity index (χ0v) is 13.6. The van der Waals surface area contributed by atoms with Gasteiger partial charge in [0.1, 0.15) is 23.0 Å². The van der Waals surface area contributed by atoms with Crippen LogP contribution in [-0.4, -0.2) is 24.6 Å². The maximum absolute atomic E-state index is 10.2. The van der Waals surface area contributed by atoms with Crippen molar-refractivity contribution in [3.8, 4) is 6.07 Å². The number of nitrogens with zero attached hydrogens (tertiary/aromatic N) is 5. The summed E-state index contributed by atoms with van der Waals surface area (Å²) < 4.78 is 2.14. The highest BCUT2D eigenvalue weighted by Gasteiger charge is 2.28. The molecule has 1 saturated carbocycles. The second kappa shape index (κ2) is 5.84. The Kier molecular flexibility index (Phi) is 3.66. The monoisotopic (exact) mass is 321 g/mol. The summed E-state index contributed by atoms with van der Waals surface area (Å²) in [6, 6.07) is 6.42. The molecular weight excluding hydrogens is 302 g/mol. The quantitative estimate of drug-likeness (QED) is 0.782. The van der Waals surface area contributed by atoms with Crippen LogP contribution < -0.4 is 0 Å². The molecule has 24 heavy (non-hydrogen) atoms. The SMILES string of the molecule is C[C@@H](O)c1nc2cnc3cccnc3c2n1C1CCC(C#N)CC1. The van der Waals surface area contributed by atoms with Crippen LogP contribution in [0, 0.1) is 17.2 Å². The number of fused-ring (bicyclic) bond motifs is 3. The Morgan fingerprint density at radius 3 is 2.75 bits per heavy atom. The number of aliphatic hydroxyl groups is 1. The first kappa shape index (κ1) is 15.0. The number of imidazole rings is 1. The van der Waals surface area contributed by atoms with Gasteiger partial charge in [-0.15, -0.1) is 0 Å². The molecule has 0 aliphatic heterocycles. The number of hydrogen-bond donors (Lipinski definition) is 1. The third-order valence-electron chi connectivity index (χ3n) is 4.92. The molecule has 0 saturated heterocycles. The molecule has 4 rings (SSSR count). The summed E-state index contributed by atoms with van der Waals surface area (Å²) in [7, 11) is 0. The summed E-state index contributed by atoms with van der Waals surface area (Å²) in [6.45, 7) is 1.74. The summed E-state index contributed by atoms with van der Waals surface area (Å²) in [4.78, 5) is 13.6. The molecule has 3 aromatic heterocycles. The molecular formula is C18H19N5O. The molecule has 3 aromatic rings. The molecule has 6 heteroatoms. The van der Waals surface area contributed by atoms with Crippen LogP contribution in [0.5, 0.6) is 0 Å². The van der Waals surface area contributed by atoms with Gasteiger partial charge in [0.2, 0.25) is 0 Å². The van der Waals surface area contributed by atoms with Crippen LogP contribution in [0.15, 0.2) is 24.5 Å². The van der Waals surface area contributed by atoms with Gasteiger partial charge in [-0.3, -0.25) is 9.97 Å². The fourth-order valence-corrected chi connectivity index (χ4v) is 3.74. The second-order valence-electron chi connectivity index (χ2n) is 6.51. The van der Waals surface area contributed by atoms with E-state index in [2.05, 4.69) is 25.6 Å². The van der Waals surface area contributed by atoms with Crippen molar-refractivity contribution in [3.05, 3.63) is 30.4 Å². The van der Waals surface area contributed by atoms with Crippen molar-refractivity contribution >= 4 is 22.1 Å². The topological polar surface area (TPSA) is 87.6 Å². The van der Waals surface area contributed by atoms with Crippen molar-refractivity contribution in [1.29, 1.82) is 5.26 Å². The highest BCUT2D eigenvalue weighted by molar-refractivity contribution is 5.99. The Balaban J connectivity index is 1.93. The van der Waals surface area contributed by atoms with Gasteiger partial charge in [0.05, 0.1) is 23.3 Å². The molecule has 0 radical (unpaired) electrons. The lowest BCUT2D eigenvalue weighted by molar-refractivity contribution is 0.177. The molecule has 6 nitrogen and oxygen atoms in total. The lowest BCUT2D eigenvalue weighted by Crippen LogP contribution is -2.20. The van der Waals surface area contributed by atoms with Gasteiger partial charge in [0.15, 0.2) is 0 Å². The second-order valence-corrected chi connectivity index (χ2v) is 6.51. The van der Waals surface area contributed by atoms with Crippen LogP contribution in [0.3, 0.4) is 0 Å². The lowest BCUT2D eigenvalue weighted by atomic mass is 9.86. The molecule has 0 unspecified atom stereocenters. The van der Waals surface area contributed by atoms with Crippen LogP contribution >= 0.6 is 0 Å². The van der Waals surface area contributed by atoms with Crippen molar-refractivity contribution in [2.75, 3.05) is 0 Å². The Hall–Kier alpha value is -2.52. The van der Waals surface area contributed by atoms with E-state index in [4.69, 9.17) is 5.26 Å². The molecule has 1 aliphatic carbocycles. The van der Waals surface area contributed by atoms with Gasteiger partial charge >= 0.3 is 0 Å². The number of aromatic nitrogens is 4. The van der Waals surface area contributed by atoms with Gasteiger partial charge in [-0.25, -0.2) is 4.98 Å². The molecule has 3 heterocycles. The third-order valence-corrected chi connectivity index (χ3v) is 4.92. The smallest absolute Gasteiger partial charge is 0.138 e. The van der Waals surface area contributed by atoms with E-state index in [1.807, 2.05) is 12.1 Å². The van der Waals surface area contributed by atoms with E-state index in [1.54, 1.807) is 19.3 Å². The maximum Gasteiger partial charge on any atom is 0.138 e. The first-order valence-corrected chi connectivity index (χ1v) is 8.38. The number of nitriles is 1. The molecule has 122 valence electrons. The van der Waals surface area contributed by atoms with E-state index >= 15 is 0 Å². The van der Waals surface area contributed by atoms with E-state index < -0.39 is 6.10 Å². The minimum absolute atomic E-state index is 0.141. The van der Waals surface area contributed by atoms with Crippen LogP contribution in [0.2, 0.25) is 0 Å². The van der Waals surface area contributed by atoms with E-state index in [-0.39, 0.29) is 12.0 Å². The largest absolute Gasteiger partial charge is 0.385 e. The van der Waals surface area contributed by atoms with E-state index in [9.17, 15) is 5.11 Å². The Morgan fingerprint density at radius 2 is 2.04 bits per heavy atom. The van der Waals surface area contributed by atoms with Gasteiger partial charge < -0.3 is 9.67 Å². The standard InChI is InChI=1S/C18H19N5O/c1-11(24)18-22-15-10-21-14-3-2-8-20-16(14)17(15)23(18)13-6-4-12(9-19)5-7-13/h2-3,8,10-13,24H,4-7H2,1H3/t11-,12?,13?/m1/s1. The predicted octanol–water partition coefficient (Wildman–Crippen LogP) is 3.29. The van der Waals surface area contributed by atoms with Crippen LogP contribution in [0.1, 0.15) is 50.6 Å². The highest BCUT2D eigenvalue weighted by atomic mass is 16.3. The minimum atomic E-state index is -0.662. The summed E-state index contributed by atoms with van der Waals surface area (Å²) in [5.41, 5.74) is 3.35. The lowest BCUT2D eigenvalue weighted by Gasteiger charge is -2.28. The van der Waals surface area contributed by atoms with E-state index in [1.165, 1.54) is 0 Å². The van der Waals surface area contributed by atoms with E-state index in [0.29, 0.717) is 5.82 Å². The van der Waals surface area contributed by atoms with Crippen molar-refractivity contribution in [1.82, 2.24) is 19.5 Å². The number of aliphatic hydroxyl groups excluding tert-OH is 1. The molecule has 1 fully saturated rings. The average molecular weight is 321 g/mol. The van der Waals surface area contributed by atoms with Gasteiger partial charge in [-0.1, -0.05) is 0 Å². The molecule has 0 spiro atoms. The summed E-state index contributed by atoms with van der Waals surface area (Å²) in [6.07, 6.45) is 6.45. The average Bonchev–Trinajstić information content (AvgIpc) is 3.02. The third kappa shape index (κ3) is 2.33. The van der Waals surface area contributed by atoms with Crippen molar-refractivity contribution in [2.24, 2.45) is 5.92 Å². The fourth-order valence-electron chi connectivity index (χ4n) is 3.74. The van der Waals surface area contributed by atoms with Crippen molar-refractivity contribution < 1.29 is 5.11 Å². The molecule has 0 bridgehead atoms. The molecule has 1 atom stereocenters. The fraction of sp³-hybridized carbons (Fsp3) is 0.444. The zero-order chi connectivity index (χ0) is 16.7. The molecule has 1 N–H and O–H groups in total. The van der Waals surface area contributed by atoms with Gasteiger partial charge in [-0.05, 0) is 44.7 Å². The Morgan fingerprint density at radius 1 is 1.25 bits per heavy atom. The minimum Gasteiger partial charge on any atom is -0.385 e. The number of rotatable bonds is 2. The van der Waals surface area contributed by atoms with Crippen molar-refractivity contribution in [3.63, 3.8) is 0 Å². The summed E-state index contributed by atoms with van der Waals surface area (Å²) in [5, 5.41) is 19.4. The van der Waals surface area contributed by atoms with Gasteiger partial charge in [0.25, 0.3) is 0 Å². The zero-order valence-electron chi connectivity index (χ0n) is 13.6. The van der Waals surface area contributed by atoms with Crippen LogP contribution in [0.4, 0.5) is 0 Å². The maximum atomic E-state index is 10.2. The first-order chi connectivity index (χ1) is 11.7. The summed E-state index contributed by atoms with van der Waals surface area (Å²) in [5.74, 6) is 0.799. The van der Waals surface area contributed by atoms with Crippen molar-refractivity contribution in [2.45, 2.75) is 44.8 Å². The van der Waals surface area contributed by atoms with Crippen LogP contribution in [0.25, 0.3) is 22.1 Å². The van der Waals surface area contributed by atoms with Crippen LogP contribution in [-0.2, 0) is 0 Å². The molecule has 0 aromatic carbocycles. The summed E-state index contributed by atoms with van der Waals surface area (Å²) >= 11 is 0. The Bertz CT molecular complexity index is 932. The molecule has 1 aliphatic rings. The number of hydrogen-bond acceptors (Lipinski definition) is 5. The normalized spacial score (nSPS) is 22.5. The number of pyridine rings is 2. The van der Waals surface area contributed by atoms with E-state index in [0.717, 1.165) is 47.8 Å².